The minimum Gasteiger partial charge on any atom is -0.497 e. The molecule has 1 aliphatic rings. The second-order valence-corrected chi connectivity index (χ2v) is 5.39. The van der Waals surface area contributed by atoms with E-state index in [2.05, 4.69) is 0 Å². The van der Waals surface area contributed by atoms with Crippen molar-refractivity contribution in [2.24, 2.45) is 0 Å². The Hall–Kier alpha value is -2.37. The van der Waals surface area contributed by atoms with Crippen LogP contribution in [0.1, 0.15) is 29.1 Å². The molecule has 1 heterocycles. The zero-order valence-corrected chi connectivity index (χ0v) is 13.1. The van der Waals surface area contributed by atoms with Gasteiger partial charge >= 0.3 is 0 Å². The van der Waals surface area contributed by atoms with Gasteiger partial charge < -0.3 is 9.47 Å². The lowest BCUT2D eigenvalue weighted by atomic mass is 10.2. The largest absolute Gasteiger partial charge is 0.497 e. The van der Waals surface area contributed by atoms with E-state index in [9.17, 15) is 4.79 Å². The summed E-state index contributed by atoms with van der Waals surface area (Å²) in [5.41, 5.74) is 1.43. The summed E-state index contributed by atoms with van der Waals surface area (Å²) in [6.45, 7) is 2.31. The number of benzene rings is 2. The molecule has 0 unspecified atom stereocenters. The molecule has 1 saturated heterocycles. The maximum absolute atomic E-state index is 12.5. The standard InChI is InChI=1S/C18H19NO4/c1-13-12-19(17(20)14-6-4-3-5-7-14)23-18(22-13)15-8-10-16(21-2)11-9-15/h3-11,13,18H,12H2,1-2H3/t13-,18-/m1/s1. The average Bonchev–Trinajstić information content (AvgIpc) is 2.61. The number of nitrogens with zero attached hydrogens (tertiary/aromatic N) is 1. The van der Waals surface area contributed by atoms with E-state index in [0.717, 1.165) is 11.3 Å². The van der Waals surface area contributed by atoms with Gasteiger partial charge in [0.1, 0.15) is 5.75 Å². The lowest BCUT2D eigenvalue weighted by molar-refractivity contribution is -0.320. The maximum Gasteiger partial charge on any atom is 0.277 e. The van der Waals surface area contributed by atoms with Gasteiger partial charge in [0.2, 0.25) is 6.29 Å². The molecule has 2 aromatic rings. The summed E-state index contributed by atoms with van der Waals surface area (Å²) in [7, 11) is 1.62. The van der Waals surface area contributed by atoms with E-state index in [1.807, 2.05) is 49.4 Å². The maximum atomic E-state index is 12.5. The number of ether oxygens (including phenoxy) is 2. The number of carbonyl (C=O) groups is 1. The predicted octanol–water partition coefficient (Wildman–Crippen LogP) is 3.19. The Morgan fingerprint density at radius 2 is 1.83 bits per heavy atom. The predicted molar refractivity (Wildman–Crippen MR) is 84.8 cm³/mol. The third kappa shape index (κ3) is 3.52. The van der Waals surface area contributed by atoms with Crippen molar-refractivity contribution < 1.29 is 19.1 Å². The number of hydroxylamine groups is 2. The van der Waals surface area contributed by atoms with Crippen LogP contribution in [0.25, 0.3) is 0 Å². The number of hydrogen-bond acceptors (Lipinski definition) is 4. The molecule has 0 bridgehead atoms. The Labute approximate surface area is 135 Å². The molecule has 23 heavy (non-hydrogen) atoms. The Bertz CT molecular complexity index is 656. The molecule has 0 saturated carbocycles. The molecule has 2 atom stereocenters. The van der Waals surface area contributed by atoms with Crippen molar-refractivity contribution in [1.29, 1.82) is 0 Å². The number of hydrogen-bond donors (Lipinski definition) is 0. The third-order valence-electron chi connectivity index (χ3n) is 3.64. The van der Waals surface area contributed by atoms with Crippen molar-refractivity contribution in [2.75, 3.05) is 13.7 Å². The van der Waals surface area contributed by atoms with Crippen molar-refractivity contribution in [3.63, 3.8) is 0 Å². The van der Waals surface area contributed by atoms with Crippen LogP contribution in [0.3, 0.4) is 0 Å². The summed E-state index contributed by atoms with van der Waals surface area (Å²) in [4.78, 5) is 18.3. The van der Waals surface area contributed by atoms with Crippen LogP contribution < -0.4 is 4.74 Å². The summed E-state index contributed by atoms with van der Waals surface area (Å²) in [5.74, 6) is 0.592. The van der Waals surface area contributed by atoms with E-state index in [-0.39, 0.29) is 12.0 Å². The fourth-order valence-electron chi connectivity index (χ4n) is 2.43. The molecular weight excluding hydrogens is 294 g/mol. The van der Waals surface area contributed by atoms with Gasteiger partial charge in [0.15, 0.2) is 0 Å². The Balaban J connectivity index is 1.77. The van der Waals surface area contributed by atoms with E-state index in [1.54, 1.807) is 19.2 Å². The molecule has 120 valence electrons. The number of methoxy groups -OCH3 is 1. The molecule has 0 aliphatic carbocycles. The second kappa shape index (κ2) is 6.81. The monoisotopic (exact) mass is 313 g/mol. The van der Waals surface area contributed by atoms with Crippen LogP contribution in [-0.4, -0.2) is 30.7 Å². The number of rotatable bonds is 3. The van der Waals surface area contributed by atoms with Gasteiger partial charge in [0, 0.05) is 11.1 Å². The van der Waals surface area contributed by atoms with Gasteiger partial charge in [-0.15, -0.1) is 0 Å². The SMILES string of the molecule is COc1ccc([C@@H]2O[C@H](C)CN(C(=O)c3ccccc3)O2)cc1. The molecule has 0 radical (unpaired) electrons. The van der Waals surface area contributed by atoms with E-state index in [1.165, 1.54) is 5.06 Å². The van der Waals surface area contributed by atoms with Crippen molar-refractivity contribution in [3.05, 3.63) is 65.7 Å². The van der Waals surface area contributed by atoms with Crippen LogP contribution in [0.15, 0.2) is 54.6 Å². The summed E-state index contributed by atoms with van der Waals surface area (Å²) in [6.07, 6.45) is -0.735. The normalized spacial score (nSPS) is 21.0. The van der Waals surface area contributed by atoms with Gasteiger partial charge in [0.05, 0.1) is 19.8 Å². The number of carbonyl (C=O) groups excluding carboxylic acids is 1. The molecule has 1 fully saturated rings. The van der Waals surface area contributed by atoms with Crippen LogP contribution in [-0.2, 0) is 9.57 Å². The first-order chi connectivity index (χ1) is 11.2. The number of amides is 1. The lowest BCUT2D eigenvalue weighted by Gasteiger charge is -2.36. The molecule has 2 aromatic carbocycles. The summed E-state index contributed by atoms with van der Waals surface area (Å²) in [6, 6.07) is 16.5. The van der Waals surface area contributed by atoms with E-state index < -0.39 is 6.29 Å². The van der Waals surface area contributed by atoms with Crippen molar-refractivity contribution >= 4 is 5.91 Å². The first kappa shape index (κ1) is 15.5. The van der Waals surface area contributed by atoms with Gasteiger partial charge in [0.25, 0.3) is 5.91 Å². The van der Waals surface area contributed by atoms with Crippen LogP contribution in [0.2, 0.25) is 0 Å². The highest BCUT2D eigenvalue weighted by Gasteiger charge is 2.31. The van der Waals surface area contributed by atoms with Gasteiger partial charge in [-0.1, -0.05) is 30.3 Å². The Morgan fingerprint density at radius 1 is 1.13 bits per heavy atom. The molecule has 0 spiro atoms. The minimum absolute atomic E-state index is 0.122. The molecule has 5 heteroatoms. The van der Waals surface area contributed by atoms with Crippen LogP contribution in [0, 0.1) is 0 Å². The van der Waals surface area contributed by atoms with E-state index in [0.29, 0.717) is 12.1 Å². The smallest absolute Gasteiger partial charge is 0.277 e. The van der Waals surface area contributed by atoms with Gasteiger partial charge in [-0.2, -0.15) is 0 Å². The van der Waals surface area contributed by atoms with Crippen molar-refractivity contribution in [1.82, 2.24) is 5.06 Å². The van der Waals surface area contributed by atoms with Crippen LogP contribution in [0.5, 0.6) is 5.75 Å². The fourth-order valence-corrected chi connectivity index (χ4v) is 2.43. The highest BCUT2D eigenvalue weighted by Crippen LogP contribution is 2.28. The molecule has 0 N–H and O–H groups in total. The van der Waals surface area contributed by atoms with Gasteiger partial charge in [-0.25, -0.2) is 9.90 Å². The topological polar surface area (TPSA) is 48.0 Å². The van der Waals surface area contributed by atoms with Gasteiger partial charge in [-0.3, -0.25) is 4.79 Å². The molecular formula is C18H19NO4. The Morgan fingerprint density at radius 3 is 2.48 bits per heavy atom. The summed E-state index contributed by atoms with van der Waals surface area (Å²) in [5, 5.41) is 1.37. The second-order valence-electron chi connectivity index (χ2n) is 5.39. The molecule has 1 amide bonds. The average molecular weight is 313 g/mol. The van der Waals surface area contributed by atoms with Gasteiger partial charge in [-0.05, 0) is 31.2 Å². The third-order valence-corrected chi connectivity index (χ3v) is 3.64. The van der Waals surface area contributed by atoms with Crippen LogP contribution >= 0.6 is 0 Å². The fraction of sp³-hybridized carbons (Fsp3) is 0.278. The molecule has 0 aromatic heterocycles. The zero-order chi connectivity index (χ0) is 16.2. The summed E-state index contributed by atoms with van der Waals surface area (Å²) >= 11 is 0. The first-order valence-electron chi connectivity index (χ1n) is 7.50. The molecule has 3 rings (SSSR count). The van der Waals surface area contributed by atoms with Crippen LogP contribution in [0.4, 0.5) is 0 Å². The highest BCUT2D eigenvalue weighted by molar-refractivity contribution is 5.93. The molecule has 1 aliphatic heterocycles. The van der Waals surface area contributed by atoms with E-state index in [4.69, 9.17) is 14.3 Å². The van der Waals surface area contributed by atoms with E-state index >= 15 is 0 Å². The minimum atomic E-state index is -0.614. The molecule has 5 nitrogen and oxygen atoms in total. The summed E-state index contributed by atoms with van der Waals surface area (Å²) < 4.78 is 11.0. The van der Waals surface area contributed by atoms with Crippen molar-refractivity contribution in [3.8, 4) is 5.75 Å². The Kier molecular flexibility index (Phi) is 4.60. The van der Waals surface area contributed by atoms with Crippen molar-refractivity contribution in [2.45, 2.75) is 19.3 Å². The highest BCUT2D eigenvalue weighted by atomic mass is 16.8. The lowest BCUT2D eigenvalue weighted by Crippen LogP contribution is -2.44. The first-order valence-corrected chi connectivity index (χ1v) is 7.50. The quantitative estimate of drug-likeness (QED) is 0.873. The zero-order valence-electron chi connectivity index (χ0n) is 13.1.